The molecule has 1 aliphatic heterocycles. The van der Waals surface area contributed by atoms with Gasteiger partial charge in [-0.25, -0.2) is 4.79 Å². The van der Waals surface area contributed by atoms with Gasteiger partial charge in [-0.05, 0) is 51.3 Å². The first-order valence-corrected chi connectivity index (χ1v) is 9.26. The molecule has 28 heavy (non-hydrogen) atoms. The Bertz CT molecular complexity index is 688. The molecule has 1 aromatic rings. The zero-order chi connectivity index (χ0) is 21.1. The maximum absolute atomic E-state index is 12.6. The van der Waals surface area contributed by atoms with Crippen LogP contribution in [-0.4, -0.2) is 47.5 Å². The highest BCUT2D eigenvalue weighted by Crippen LogP contribution is 2.29. The number of halogens is 3. The van der Waals surface area contributed by atoms with Gasteiger partial charge in [0.1, 0.15) is 5.60 Å². The fourth-order valence-electron chi connectivity index (χ4n) is 3.10. The Balaban J connectivity index is 1.86. The standard InChI is InChI=1S/C20H27F3N2O3/c1-19(2,3)28-18(27)25-11-9-15(10-12-25)17(26)24(4)13-14-5-7-16(8-6-14)20(21,22)23/h5-8,15H,9-13H2,1-4H3. The monoisotopic (exact) mass is 400 g/mol. The van der Waals surface area contributed by atoms with Gasteiger partial charge < -0.3 is 14.5 Å². The Labute approximate surface area is 163 Å². The van der Waals surface area contributed by atoms with E-state index in [0.717, 1.165) is 12.1 Å². The quantitative estimate of drug-likeness (QED) is 0.760. The third kappa shape index (κ3) is 6.14. The van der Waals surface area contributed by atoms with Crippen LogP contribution in [0, 0.1) is 5.92 Å². The number of hydrogen-bond acceptors (Lipinski definition) is 3. The lowest BCUT2D eigenvalue weighted by Gasteiger charge is -2.34. The molecule has 8 heteroatoms. The van der Waals surface area contributed by atoms with E-state index in [2.05, 4.69) is 0 Å². The molecule has 0 saturated carbocycles. The Hall–Kier alpha value is -2.25. The van der Waals surface area contributed by atoms with Crippen molar-refractivity contribution in [3.8, 4) is 0 Å². The average Bonchev–Trinajstić information content (AvgIpc) is 2.59. The molecular weight excluding hydrogens is 373 g/mol. The molecule has 0 unspecified atom stereocenters. The third-order valence-corrected chi connectivity index (χ3v) is 4.57. The number of hydrogen-bond donors (Lipinski definition) is 0. The van der Waals surface area contributed by atoms with Gasteiger partial charge in [0.05, 0.1) is 5.56 Å². The van der Waals surface area contributed by atoms with Crippen LogP contribution in [0.4, 0.5) is 18.0 Å². The van der Waals surface area contributed by atoms with E-state index in [4.69, 9.17) is 4.74 Å². The van der Waals surface area contributed by atoms with E-state index >= 15 is 0 Å². The fourth-order valence-corrected chi connectivity index (χ4v) is 3.10. The van der Waals surface area contributed by atoms with E-state index in [1.165, 1.54) is 17.0 Å². The number of ether oxygens (including phenoxy) is 1. The predicted octanol–water partition coefficient (Wildman–Crippen LogP) is 4.31. The molecule has 1 fully saturated rings. The molecule has 0 atom stereocenters. The summed E-state index contributed by atoms with van der Waals surface area (Å²) in [6, 6.07) is 4.81. The smallest absolute Gasteiger partial charge is 0.416 e. The molecule has 0 N–H and O–H groups in total. The molecule has 1 heterocycles. The minimum absolute atomic E-state index is 0.0660. The summed E-state index contributed by atoms with van der Waals surface area (Å²) in [5.41, 5.74) is -0.638. The van der Waals surface area contributed by atoms with E-state index in [0.29, 0.717) is 31.5 Å². The molecule has 1 aliphatic rings. The van der Waals surface area contributed by atoms with Crippen LogP contribution >= 0.6 is 0 Å². The molecule has 0 spiro atoms. The molecule has 2 rings (SSSR count). The van der Waals surface area contributed by atoms with Crippen LogP contribution in [0.1, 0.15) is 44.7 Å². The molecule has 156 valence electrons. The normalized spacial score (nSPS) is 16.0. The van der Waals surface area contributed by atoms with E-state index in [9.17, 15) is 22.8 Å². The predicted molar refractivity (Wildman–Crippen MR) is 98.4 cm³/mol. The van der Waals surface area contributed by atoms with Gasteiger partial charge in [-0.15, -0.1) is 0 Å². The highest BCUT2D eigenvalue weighted by molar-refractivity contribution is 5.79. The first-order valence-electron chi connectivity index (χ1n) is 9.26. The van der Waals surface area contributed by atoms with Gasteiger partial charge in [0, 0.05) is 32.6 Å². The van der Waals surface area contributed by atoms with Gasteiger partial charge in [0.15, 0.2) is 0 Å². The maximum atomic E-state index is 12.6. The van der Waals surface area contributed by atoms with Crippen LogP contribution < -0.4 is 0 Å². The number of carbonyl (C=O) groups is 2. The molecule has 0 aliphatic carbocycles. The van der Waals surface area contributed by atoms with E-state index in [1.807, 2.05) is 0 Å². The lowest BCUT2D eigenvalue weighted by molar-refractivity contribution is -0.138. The van der Waals surface area contributed by atoms with Crippen molar-refractivity contribution in [1.29, 1.82) is 0 Å². The average molecular weight is 400 g/mol. The molecule has 5 nitrogen and oxygen atoms in total. The Morgan fingerprint density at radius 1 is 1.11 bits per heavy atom. The summed E-state index contributed by atoms with van der Waals surface area (Å²) >= 11 is 0. The van der Waals surface area contributed by atoms with Gasteiger partial charge in [-0.2, -0.15) is 13.2 Å². The molecule has 0 bridgehead atoms. The fraction of sp³-hybridized carbons (Fsp3) is 0.600. The Kier molecular flexibility index (Phi) is 6.62. The second-order valence-corrected chi connectivity index (χ2v) is 8.13. The number of piperidine rings is 1. The number of amides is 2. The SMILES string of the molecule is CN(Cc1ccc(C(F)(F)F)cc1)C(=O)C1CCN(C(=O)OC(C)(C)C)CC1. The summed E-state index contributed by atoms with van der Waals surface area (Å²) in [6.45, 7) is 6.54. The summed E-state index contributed by atoms with van der Waals surface area (Å²) in [4.78, 5) is 27.9. The zero-order valence-corrected chi connectivity index (χ0v) is 16.7. The summed E-state index contributed by atoms with van der Waals surface area (Å²) in [5.74, 6) is -0.276. The second-order valence-electron chi connectivity index (χ2n) is 8.13. The number of alkyl halides is 3. The van der Waals surface area contributed by atoms with Crippen molar-refractivity contribution in [2.45, 2.75) is 51.9 Å². The Morgan fingerprint density at radius 2 is 1.64 bits per heavy atom. The van der Waals surface area contributed by atoms with Crippen LogP contribution in [0.25, 0.3) is 0 Å². The van der Waals surface area contributed by atoms with Crippen LogP contribution in [0.15, 0.2) is 24.3 Å². The lowest BCUT2D eigenvalue weighted by atomic mass is 9.95. The van der Waals surface area contributed by atoms with Crippen molar-refractivity contribution < 1.29 is 27.5 Å². The van der Waals surface area contributed by atoms with E-state index in [1.54, 1.807) is 32.7 Å². The van der Waals surface area contributed by atoms with Gasteiger partial charge in [-0.1, -0.05) is 12.1 Å². The largest absolute Gasteiger partial charge is 0.444 e. The topological polar surface area (TPSA) is 49.9 Å². The van der Waals surface area contributed by atoms with Gasteiger partial charge in [-0.3, -0.25) is 4.79 Å². The van der Waals surface area contributed by atoms with Gasteiger partial charge in [0.2, 0.25) is 5.91 Å². The van der Waals surface area contributed by atoms with Gasteiger partial charge >= 0.3 is 12.3 Å². The minimum Gasteiger partial charge on any atom is -0.444 e. The highest BCUT2D eigenvalue weighted by atomic mass is 19.4. The lowest BCUT2D eigenvalue weighted by Crippen LogP contribution is -2.45. The number of rotatable bonds is 3. The van der Waals surface area contributed by atoms with E-state index < -0.39 is 17.3 Å². The van der Waals surface area contributed by atoms with Crippen molar-refractivity contribution in [3.05, 3.63) is 35.4 Å². The molecule has 0 radical (unpaired) electrons. The molecule has 1 aromatic carbocycles. The van der Waals surface area contributed by atoms with Crippen molar-refractivity contribution in [2.75, 3.05) is 20.1 Å². The van der Waals surface area contributed by atoms with Crippen LogP contribution in [-0.2, 0) is 22.3 Å². The first kappa shape index (κ1) is 22.0. The molecule has 1 saturated heterocycles. The van der Waals surface area contributed by atoms with Crippen molar-refractivity contribution in [1.82, 2.24) is 9.80 Å². The van der Waals surface area contributed by atoms with Crippen molar-refractivity contribution in [2.24, 2.45) is 5.92 Å². The Morgan fingerprint density at radius 3 is 2.11 bits per heavy atom. The number of nitrogens with zero attached hydrogens (tertiary/aromatic N) is 2. The number of benzene rings is 1. The first-order chi connectivity index (χ1) is 12.9. The second kappa shape index (κ2) is 8.41. The number of carbonyl (C=O) groups excluding carboxylic acids is 2. The van der Waals surface area contributed by atoms with Crippen LogP contribution in [0.2, 0.25) is 0 Å². The number of likely N-dealkylation sites (tertiary alicyclic amines) is 1. The maximum Gasteiger partial charge on any atom is 0.416 e. The summed E-state index contributed by atoms with van der Waals surface area (Å²) in [6.07, 6.45) is -3.68. The van der Waals surface area contributed by atoms with Crippen LogP contribution in [0.3, 0.4) is 0 Å². The van der Waals surface area contributed by atoms with Crippen molar-refractivity contribution in [3.63, 3.8) is 0 Å². The van der Waals surface area contributed by atoms with Crippen molar-refractivity contribution >= 4 is 12.0 Å². The summed E-state index contributed by atoms with van der Waals surface area (Å²) < 4.78 is 43.2. The highest BCUT2D eigenvalue weighted by Gasteiger charge is 2.32. The molecular formula is C20H27F3N2O3. The van der Waals surface area contributed by atoms with E-state index in [-0.39, 0.29) is 24.5 Å². The zero-order valence-electron chi connectivity index (χ0n) is 16.7. The summed E-state index contributed by atoms with van der Waals surface area (Å²) in [7, 11) is 1.64. The summed E-state index contributed by atoms with van der Waals surface area (Å²) in [5, 5.41) is 0. The molecule has 0 aromatic heterocycles. The van der Waals surface area contributed by atoms with Crippen LogP contribution in [0.5, 0.6) is 0 Å². The molecule has 2 amide bonds. The minimum atomic E-state index is -4.37. The van der Waals surface area contributed by atoms with Gasteiger partial charge in [0.25, 0.3) is 0 Å². The third-order valence-electron chi connectivity index (χ3n) is 4.57.